The van der Waals surface area contributed by atoms with Gasteiger partial charge in [-0.1, -0.05) is 140 Å². The Kier molecular flexibility index (Phi) is 4.08. The second-order valence-electron chi connectivity index (χ2n) is 10.8. The van der Waals surface area contributed by atoms with Gasteiger partial charge in [0, 0.05) is 0 Å². The third-order valence-electron chi connectivity index (χ3n) is 9.05. The van der Waals surface area contributed by atoms with Crippen LogP contribution in [0.1, 0.15) is 38.9 Å². The molecule has 0 nitrogen and oxygen atoms in total. The van der Waals surface area contributed by atoms with E-state index in [1.165, 1.54) is 77.9 Å². The van der Waals surface area contributed by atoms with Crippen molar-refractivity contribution in [2.75, 3.05) is 0 Å². The van der Waals surface area contributed by atoms with Crippen LogP contribution in [0.15, 0.2) is 140 Å². The minimum atomic E-state index is -0.319. The normalized spacial score (nSPS) is 15.4. The Morgan fingerprint density at radius 1 is 0.333 bits per heavy atom. The fraction of sp³-hybridized carbons (Fsp3) is 0.0256. The number of rotatable bonds is 1. The number of fused-ring (bicyclic) bond motifs is 14. The summed E-state index contributed by atoms with van der Waals surface area (Å²) in [5.41, 5.74) is 18.5. The summed E-state index contributed by atoms with van der Waals surface area (Å²) in [5.74, 6) is 0. The Morgan fingerprint density at radius 2 is 0.846 bits per heavy atom. The average molecular weight is 493 g/mol. The van der Waals surface area contributed by atoms with E-state index in [1.54, 1.807) is 0 Å². The molecule has 0 heterocycles. The van der Waals surface area contributed by atoms with Crippen molar-refractivity contribution in [2.45, 2.75) is 5.41 Å². The summed E-state index contributed by atoms with van der Waals surface area (Å²) < 4.78 is 0. The third kappa shape index (κ3) is 2.54. The summed E-state index contributed by atoms with van der Waals surface area (Å²) >= 11 is 0. The zero-order valence-corrected chi connectivity index (χ0v) is 21.4. The van der Waals surface area contributed by atoms with Gasteiger partial charge in [-0.15, -0.1) is 0 Å². The quantitative estimate of drug-likeness (QED) is 0.214. The molecule has 0 saturated carbocycles. The maximum atomic E-state index is 2.43. The third-order valence-corrected chi connectivity index (χ3v) is 9.05. The number of hydrogen-bond acceptors (Lipinski definition) is 0. The van der Waals surface area contributed by atoms with Crippen LogP contribution in [0, 0.1) is 0 Å². The smallest absolute Gasteiger partial charge is 0.0622 e. The van der Waals surface area contributed by atoms with Crippen LogP contribution < -0.4 is 0 Å². The van der Waals surface area contributed by atoms with E-state index in [-0.39, 0.29) is 5.41 Å². The molecule has 0 atom stereocenters. The monoisotopic (exact) mass is 492 g/mol. The summed E-state index contributed by atoms with van der Waals surface area (Å²) in [5, 5.41) is 0. The molecule has 0 radical (unpaired) electrons. The molecule has 0 aliphatic heterocycles. The lowest BCUT2D eigenvalue weighted by atomic mass is 9.70. The zero-order chi connectivity index (χ0) is 25.6. The first-order valence-electron chi connectivity index (χ1n) is 13.7. The van der Waals surface area contributed by atoms with Gasteiger partial charge in [-0.2, -0.15) is 0 Å². The molecule has 0 aromatic heterocycles. The maximum absolute atomic E-state index is 2.43. The summed E-state index contributed by atoms with van der Waals surface area (Å²) in [6.45, 7) is 0. The van der Waals surface area contributed by atoms with E-state index >= 15 is 0 Å². The number of benzene rings is 6. The second-order valence-corrected chi connectivity index (χ2v) is 10.8. The molecule has 0 heteroatoms. The van der Waals surface area contributed by atoms with Crippen LogP contribution in [-0.4, -0.2) is 0 Å². The lowest BCUT2D eigenvalue weighted by molar-refractivity contribution is 0.794. The van der Waals surface area contributed by atoms with E-state index in [0.717, 1.165) is 0 Å². The molecule has 39 heavy (non-hydrogen) atoms. The number of hydrogen-bond donors (Lipinski definition) is 0. The molecule has 6 aromatic carbocycles. The van der Waals surface area contributed by atoms with Gasteiger partial charge < -0.3 is 0 Å². The highest BCUT2D eigenvalue weighted by atomic mass is 14.5. The van der Waals surface area contributed by atoms with Gasteiger partial charge in [0.15, 0.2) is 0 Å². The molecule has 0 unspecified atom stereocenters. The predicted molar refractivity (Wildman–Crippen MR) is 162 cm³/mol. The van der Waals surface area contributed by atoms with Crippen molar-refractivity contribution >= 4 is 11.6 Å². The van der Waals surface area contributed by atoms with Crippen molar-refractivity contribution in [1.82, 2.24) is 0 Å². The standard InChI is InChI=1S/C39H24/c1-2-12-25(13-3-1)24-32-27-15-5-4-14-26(27)30-22-23-36-38(37(30)32)31-18-8-11-21-35(31)39(36)33-19-9-6-16-28(33)29-17-7-10-20-34(29)39/h1-24H/b32-24-. The first-order valence-corrected chi connectivity index (χ1v) is 13.7. The predicted octanol–water partition coefficient (Wildman–Crippen LogP) is 9.60. The van der Waals surface area contributed by atoms with E-state index in [4.69, 9.17) is 0 Å². The van der Waals surface area contributed by atoms with Gasteiger partial charge in [0.05, 0.1) is 5.41 Å². The highest BCUT2D eigenvalue weighted by Gasteiger charge is 2.52. The Labute approximate surface area is 228 Å². The van der Waals surface area contributed by atoms with Crippen LogP contribution in [0.4, 0.5) is 0 Å². The van der Waals surface area contributed by atoms with Crippen molar-refractivity contribution in [3.8, 4) is 33.4 Å². The van der Waals surface area contributed by atoms with Crippen LogP contribution in [0.3, 0.4) is 0 Å². The molecule has 1 spiro atoms. The molecule has 0 saturated heterocycles. The minimum Gasteiger partial charge on any atom is -0.0622 e. The fourth-order valence-corrected chi connectivity index (χ4v) is 7.64. The summed E-state index contributed by atoms with van der Waals surface area (Å²) in [6, 6.07) is 51.7. The molecular weight excluding hydrogens is 468 g/mol. The summed E-state index contributed by atoms with van der Waals surface area (Å²) in [4.78, 5) is 0. The second kappa shape index (κ2) is 7.56. The van der Waals surface area contributed by atoms with E-state index in [1.807, 2.05) is 0 Å². The first kappa shape index (κ1) is 21.0. The Balaban J connectivity index is 1.45. The molecule has 0 N–H and O–H groups in total. The van der Waals surface area contributed by atoms with E-state index in [0.29, 0.717) is 0 Å². The van der Waals surface area contributed by atoms with Gasteiger partial charge in [-0.05, 0) is 84.0 Å². The average Bonchev–Trinajstić information content (AvgIpc) is 3.60. The van der Waals surface area contributed by atoms with Gasteiger partial charge >= 0.3 is 0 Å². The van der Waals surface area contributed by atoms with Crippen molar-refractivity contribution in [3.63, 3.8) is 0 Å². The molecule has 0 amide bonds. The van der Waals surface area contributed by atoms with Crippen molar-refractivity contribution in [1.29, 1.82) is 0 Å². The molecular formula is C39H24. The minimum absolute atomic E-state index is 0.319. The van der Waals surface area contributed by atoms with Crippen molar-refractivity contribution < 1.29 is 0 Å². The van der Waals surface area contributed by atoms with E-state index < -0.39 is 0 Å². The Morgan fingerprint density at radius 3 is 1.51 bits per heavy atom. The molecule has 6 aromatic rings. The Bertz CT molecular complexity index is 1960. The van der Waals surface area contributed by atoms with Crippen LogP contribution in [0.25, 0.3) is 45.0 Å². The van der Waals surface area contributed by atoms with Crippen LogP contribution in [-0.2, 0) is 5.41 Å². The highest BCUT2D eigenvalue weighted by Crippen LogP contribution is 2.65. The fourth-order valence-electron chi connectivity index (χ4n) is 7.64. The van der Waals surface area contributed by atoms with Crippen molar-refractivity contribution in [2.24, 2.45) is 0 Å². The summed E-state index contributed by atoms with van der Waals surface area (Å²) in [6.07, 6.45) is 2.38. The van der Waals surface area contributed by atoms with Gasteiger partial charge in [0.1, 0.15) is 0 Å². The molecule has 0 bridgehead atoms. The lowest BCUT2D eigenvalue weighted by Gasteiger charge is -2.30. The Hall–Kier alpha value is -4.94. The SMILES string of the molecule is C(=C1\c2ccccc2-c2ccc3c(c21)-c1ccccc1C31c2ccccc2-c2ccccc21)/c1ccccc1. The van der Waals surface area contributed by atoms with Crippen LogP contribution >= 0.6 is 0 Å². The van der Waals surface area contributed by atoms with Crippen molar-refractivity contribution in [3.05, 3.63) is 178 Å². The van der Waals surface area contributed by atoms with Gasteiger partial charge in [-0.3, -0.25) is 0 Å². The van der Waals surface area contributed by atoms with E-state index in [9.17, 15) is 0 Å². The lowest BCUT2D eigenvalue weighted by Crippen LogP contribution is -2.25. The zero-order valence-electron chi connectivity index (χ0n) is 21.4. The largest absolute Gasteiger partial charge is 0.0725 e. The molecule has 0 fully saturated rings. The maximum Gasteiger partial charge on any atom is 0.0725 e. The van der Waals surface area contributed by atoms with Crippen LogP contribution in [0.2, 0.25) is 0 Å². The molecule has 180 valence electrons. The molecule has 9 rings (SSSR count). The van der Waals surface area contributed by atoms with Crippen LogP contribution in [0.5, 0.6) is 0 Å². The van der Waals surface area contributed by atoms with Gasteiger partial charge in [0.2, 0.25) is 0 Å². The van der Waals surface area contributed by atoms with Gasteiger partial charge in [0.25, 0.3) is 0 Å². The topological polar surface area (TPSA) is 0 Å². The molecule has 3 aliphatic carbocycles. The summed E-state index contributed by atoms with van der Waals surface area (Å²) in [7, 11) is 0. The van der Waals surface area contributed by atoms with Gasteiger partial charge in [-0.25, -0.2) is 0 Å². The first-order chi connectivity index (χ1) is 19.4. The highest BCUT2D eigenvalue weighted by molar-refractivity contribution is 6.13. The van der Waals surface area contributed by atoms with E-state index in [2.05, 4.69) is 146 Å². The molecule has 3 aliphatic rings.